The minimum absolute atomic E-state index is 0.0896. The highest BCUT2D eigenvalue weighted by Gasteiger charge is 2.39. The Kier molecular flexibility index (Phi) is 3.56. The monoisotopic (exact) mass is 259 g/mol. The lowest BCUT2D eigenvalue weighted by atomic mass is 9.86. The number of aliphatic hydroxyl groups is 1. The molecule has 0 saturated carbocycles. The average molecular weight is 260 g/mol. The minimum atomic E-state index is -0.423. The van der Waals surface area contributed by atoms with Crippen LogP contribution in [0.4, 0.5) is 10.1 Å². The molecule has 0 bridgehead atoms. The molecule has 17 heavy (non-hydrogen) atoms. The SMILES string of the molecule is CN(CC1(CO)COC1)c1ccc(F)c(Cl)c1. The minimum Gasteiger partial charge on any atom is -0.396 e. The normalized spacial score (nSPS) is 17.6. The zero-order chi connectivity index (χ0) is 12.5. The standard InChI is InChI=1S/C12H15ClFNO2/c1-15(5-12(6-16)7-17-8-12)9-2-3-11(14)10(13)4-9/h2-4,16H,5-8H2,1H3. The van der Waals surface area contributed by atoms with Crippen molar-refractivity contribution in [2.24, 2.45) is 5.41 Å². The van der Waals surface area contributed by atoms with Crippen LogP contribution in [0, 0.1) is 11.2 Å². The molecule has 94 valence electrons. The summed E-state index contributed by atoms with van der Waals surface area (Å²) in [6.45, 7) is 1.86. The van der Waals surface area contributed by atoms with Gasteiger partial charge in [0.05, 0.1) is 30.3 Å². The molecule has 0 radical (unpaired) electrons. The van der Waals surface area contributed by atoms with Gasteiger partial charge in [-0.25, -0.2) is 4.39 Å². The van der Waals surface area contributed by atoms with Crippen molar-refractivity contribution in [2.45, 2.75) is 0 Å². The van der Waals surface area contributed by atoms with Crippen LogP contribution in [0.15, 0.2) is 18.2 Å². The van der Waals surface area contributed by atoms with E-state index in [1.165, 1.54) is 6.07 Å². The summed E-state index contributed by atoms with van der Waals surface area (Å²) in [6, 6.07) is 4.60. The van der Waals surface area contributed by atoms with Gasteiger partial charge in [-0.05, 0) is 18.2 Å². The first-order valence-corrected chi connectivity index (χ1v) is 5.79. The quantitative estimate of drug-likeness (QED) is 0.897. The first-order chi connectivity index (χ1) is 8.06. The third kappa shape index (κ3) is 2.54. The maximum atomic E-state index is 13.0. The molecule has 2 rings (SSSR count). The third-order valence-electron chi connectivity index (χ3n) is 3.07. The molecule has 1 aromatic carbocycles. The highest BCUT2D eigenvalue weighted by atomic mass is 35.5. The molecule has 0 atom stereocenters. The zero-order valence-electron chi connectivity index (χ0n) is 9.62. The largest absolute Gasteiger partial charge is 0.396 e. The molecular weight excluding hydrogens is 245 g/mol. The number of anilines is 1. The van der Waals surface area contributed by atoms with Gasteiger partial charge in [0.25, 0.3) is 0 Å². The number of halogens is 2. The fourth-order valence-corrected chi connectivity index (χ4v) is 2.11. The summed E-state index contributed by atoms with van der Waals surface area (Å²) in [6.07, 6.45) is 0. The molecule has 1 aromatic rings. The second-order valence-electron chi connectivity index (χ2n) is 4.61. The summed E-state index contributed by atoms with van der Waals surface area (Å²) in [7, 11) is 1.89. The number of hydrogen-bond donors (Lipinski definition) is 1. The topological polar surface area (TPSA) is 32.7 Å². The number of nitrogens with zero attached hydrogens (tertiary/aromatic N) is 1. The Morgan fingerprint density at radius 2 is 2.24 bits per heavy atom. The molecule has 1 N–H and O–H groups in total. The lowest BCUT2D eigenvalue weighted by molar-refractivity contribution is -0.130. The molecule has 1 saturated heterocycles. The molecule has 0 unspecified atom stereocenters. The average Bonchev–Trinajstić information content (AvgIpc) is 2.27. The molecular formula is C12H15ClFNO2. The molecule has 1 fully saturated rings. The number of hydrogen-bond acceptors (Lipinski definition) is 3. The van der Waals surface area contributed by atoms with Crippen LogP contribution in [0.5, 0.6) is 0 Å². The van der Waals surface area contributed by atoms with Gasteiger partial charge in [0.15, 0.2) is 0 Å². The van der Waals surface area contributed by atoms with E-state index >= 15 is 0 Å². The lowest BCUT2D eigenvalue weighted by Crippen LogP contribution is -2.52. The predicted octanol–water partition coefficient (Wildman–Crippen LogP) is 1.92. The van der Waals surface area contributed by atoms with Crippen LogP contribution >= 0.6 is 11.6 Å². The van der Waals surface area contributed by atoms with E-state index in [9.17, 15) is 9.50 Å². The summed E-state index contributed by atoms with van der Waals surface area (Å²) in [5.74, 6) is -0.423. The van der Waals surface area contributed by atoms with Crippen molar-refractivity contribution in [2.75, 3.05) is 38.3 Å². The third-order valence-corrected chi connectivity index (χ3v) is 3.36. The van der Waals surface area contributed by atoms with Crippen LogP contribution in [-0.4, -0.2) is 38.5 Å². The van der Waals surface area contributed by atoms with Gasteiger partial charge in [0, 0.05) is 19.3 Å². The summed E-state index contributed by atoms with van der Waals surface area (Å²) in [4.78, 5) is 1.95. The Hall–Kier alpha value is -0.840. The number of aliphatic hydroxyl groups excluding tert-OH is 1. The molecule has 1 heterocycles. The van der Waals surface area contributed by atoms with Gasteiger partial charge in [-0.3, -0.25) is 0 Å². The Morgan fingerprint density at radius 1 is 1.53 bits per heavy atom. The molecule has 0 aliphatic carbocycles. The van der Waals surface area contributed by atoms with Crippen molar-refractivity contribution < 1.29 is 14.2 Å². The van der Waals surface area contributed by atoms with Crippen molar-refractivity contribution >= 4 is 17.3 Å². The van der Waals surface area contributed by atoms with Gasteiger partial charge in [-0.1, -0.05) is 11.6 Å². The molecule has 1 aliphatic heterocycles. The van der Waals surface area contributed by atoms with E-state index in [4.69, 9.17) is 16.3 Å². The first kappa shape index (κ1) is 12.6. The Morgan fingerprint density at radius 3 is 2.71 bits per heavy atom. The highest BCUT2D eigenvalue weighted by molar-refractivity contribution is 6.31. The van der Waals surface area contributed by atoms with E-state index in [-0.39, 0.29) is 17.0 Å². The summed E-state index contributed by atoms with van der Waals surface area (Å²) < 4.78 is 18.2. The van der Waals surface area contributed by atoms with Crippen molar-refractivity contribution in [3.05, 3.63) is 29.0 Å². The van der Waals surface area contributed by atoms with E-state index < -0.39 is 5.82 Å². The van der Waals surface area contributed by atoms with Crippen LogP contribution in [0.1, 0.15) is 0 Å². The van der Waals surface area contributed by atoms with Gasteiger partial charge in [-0.15, -0.1) is 0 Å². The van der Waals surface area contributed by atoms with Crippen LogP contribution in [-0.2, 0) is 4.74 Å². The maximum absolute atomic E-state index is 13.0. The Bertz CT molecular complexity index is 404. The first-order valence-electron chi connectivity index (χ1n) is 5.41. The molecule has 0 amide bonds. The fourth-order valence-electron chi connectivity index (χ4n) is 1.94. The summed E-state index contributed by atoms with van der Waals surface area (Å²) in [5, 5.41) is 9.45. The molecule has 5 heteroatoms. The molecule has 1 aliphatic rings. The number of ether oxygens (including phenoxy) is 1. The van der Waals surface area contributed by atoms with Gasteiger partial charge < -0.3 is 14.7 Å². The highest BCUT2D eigenvalue weighted by Crippen LogP contribution is 2.30. The van der Waals surface area contributed by atoms with Crippen molar-refractivity contribution in [3.63, 3.8) is 0 Å². The summed E-state index contributed by atoms with van der Waals surface area (Å²) in [5.41, 5.74) is 0.631. The van der Waals surface area contributed by atoms with Crippen LogP contribution in [0.3, 0.4) is 0 Å². The lowest BCUT2D eigenvalue weighted by Gasteiger charge is -2.42. The van der Waals surface area contributed by atoms with Gasteiger partial charge in [-0.2, -0.15) is 0 Å². The second kappa shape index (κ2) is 4.80. The van der Waals surface area contributed by atoms with Crippen LogP contribution in [0.25, 0.3) is 0 Å². The molecule has 0 aromatic heterocycles. The van der Waals surface area contributed by atoms with Crippen molar-refractivity contribution in [3.8, 4) is 0 Å². The smallest absolute Gasteiger partial charge is 0.141 e. The van der Waals surface area contributed by atoms with Gasteiger partial charge in [0.2, 0.25) is 0 Å². The number of rotatable bonds is 4. The van der Waals surface area contributed by atoms with Gasteiger partial charge >= 0.3 is 0 Å². The molecule has 3 nitrogen and oxygen atoms in total. The Balaban J connectivity index is 2.08. The van der Waals surface area contributed by atoms with E-state index in [2.05, 4.69) is 0 Å². The van der Waals surface area contributed by atoms with E-state index in [1.807, 2.05) is 11.9 Å². The Labute approximate surface area is 105 Å². The predicted molar refractivity (Wildman–Crippen MR) is 65.0 cm³/mol. The van der Waals surface area contributed by atoms with Crippen molar-refractivity contribution in [1.82, 2.24) is 0 Å². The fraction of sp³-hybridized carbons (Fsp3) is 0.500. The van der Waals surface area contributed by atoms with Gasteiger partial charge in [0.1, 0.15) is 5.82 Å². The van der Waals surface area contributed by atoms with Crippen molar-refractivity contribution in [1.29, 1.82) is 0 Å². The van der Waals surface area contributed by atoms with Crippen LogP contribution in [0.2, 0.25) is 5.02 Å². The van der Waals surface area contributed by atoms with Crippen LogP contribution < -0.4 is 4.90 Å². The molecule has 0 spiro atoms. The maximum Gasteiger partial charge on any atom is 0.141 e. The summed E-state index contributed by atoms with van der Waals surface area (Å²) >= 11 is 5.74. The van der Waals surface area contributed by atoms with E-state index in [1.54, 1.807) is 12.1 Å². The second-order valence-corrected chi connectivity index (χ2v) is 5.01. The van der Waals surface area contributed by atoms with E-state index in [0.717, 1.165) is 5.69 Å². The number of benzene rings is 1. The van der Waals surface area contributed by atoms with E-state index in [0.29, 0.717) is 19.8 Å². The zero-order valence-corrected chi connectivity index (χ0v) is 10.4.